The van der Waals surface area contributed by atoms with Crippen molar-refractivity contribution >= 4 is 5.69 Å². The van der Waals surface area contributed by atoms with Gasteiger partial charge >= 0.3 is 6.18 Å². The van der Waals surface area contributed by atoms with Crippen molar-refractivity contribution < 1.29 is 13.2 Å². The first-order valence-electron chi connectivity index (χ1n) is 7.78. The van der Waals surface area contributed by atoms with E-state index in [9.17, 15) is 13.2 Å². The van der Waals surface area contributed by atoms with E-state index in [1.807, 2.05) is 50.2 Å². The van der Waals surface area contributed by atoms with E-state index >= 15 is 0 Å². The Hall–Kier alpha value is -2.76. The van der Waals surface area contributed by atoms with E-state index in [-0.39, 0.29) is 0 Å². The first-order chi connectivity index (χ1) is 11.8. The molecule has 25 heavy (non-hydrogen) atoms. The molecule has 0 amide bonds. The number of halogens is 3. The molecule has 3 aromatic rings. The van der Waals surface area contributed by atoms with Gasteiger partial charge in [-0.3, -0.25) is 0 Å². The molecular weight excluding hydrogens is 327 g/mol. The zero-order valence-electron chi connectivity index (χ0n) is 14.2. The van der Waals surface area contributed by atoms with Crippen molar-refractivity contribution in [1.82, 2.24) is 9.78 Å². The molecule has 0 atom stereocenters. The third-order valence-corrected chi connectivity index (χ3v) is 3.97. The van der Waals surface area contributed by atoms with Crippen molar-refractivity contribution in [2.75, 3.05) is 19.0 Å². The fourth-order valence-electron chi connectivity index (χ4n) is 2.81. The minimum absolute atomic E-state index is 0.409. The summed E-state index contributed by atoms with van der Waals surface area (Å²) in [5.41, 5.74) is 2.78. The Morgan fingerprint density at radius 3 is 2.20 bits per heavy atom. The largest absolute Gasteiger partial charge is 0.435 e. The fourth-order valence-corrected chi connectivity index (χ4v) is 2.81. The number of aryl methyl sites for hydroxylation is 1. The minimum Gasteiger partial charge on any atom is -0.377 e. The van der Waals surface area contributed by atoms with E-state index in [0.717, 1.165) is 17.3 Å². The molecule has 0 fully saturated rings. The normalized spacial score (nSPS) is 11.6. The van der Waals surface area contributed by atoms with Crippen molar-refractivity contribution in [1.29, 1.82) is 0 Å². The second-order valence-corrected chi connectivity index (χ2v) is 6.06. The molecule has 0 aliphatic carbocycles. The van der Waals surface area contributed by atoms with Gasteiger partial charge in [-0.1, -0.05) is 24.3 Å². The number of nitrogens with zero attached hydrogens (tertiary/aromatic N) is 3. The second kappa shape index (κ2) is 6.27. The van der Waals surface area contributed by atoms with Gasteiger partial charge in [0.1, 0.15) is 0 Å². The fraction of sp³-hybridized carbons (Fsp3) is 0.211. The highest BCUT2D eigenvalue weighted by molar-refractivity contribution is 5.68. The highest BCUT2D eigenvalue weighted by atomic mass is 19.4. The molecule has 0 spiro atoms. The number of aromatic nitrogens is 2. The third-order valence-electron chi connectivity index (χ3n) is 3.97. The summed E-state index contributed by atoms with van der Waals surface area (Å²) >= 11 is 0. The van der Waals surface area contributed by atoms with Gasteiger partial charge in [0.2, 0.25) is 0 Å². The van der Waals surface area contributed by atoms with Gasteiger partial charge in [-0.25, -0.2) is 4.68 Å². The molecule has 0 unspecified atom stereocenters. The predicted molar refractivity (Wildman–Crippen MR) is 93.1 cm³/mol. The summed E-state index contributed by atoms with van der Waals surface area (Å²) in [7, 11) is 3.86. The SMILES string of the molecule is Cc1cc(-c2cc(C(F)(F)F)nn2-c2ccccc2)ccc1N(C)C. The van der Waals surface area contributed by atoms with Crippen LogP contribution in [-0.4, -0.2) is 23.9 Å². The van der Waals surface area contributed by atoms with Gasteiger partial charge in [-0.15, -0.1) is 0 Å². The molecule has 1 heterocycles. The zero-order chi connectivity index (χ0) is 18.2. The van der Waals surface area contributed by atoms with E-state index < -0.39 is 11.9 Å². The Balaban J connectivity index is 2.18. The van der Waals surface area contributed by atoms with Gasteiger partial charge in [-0.2, -0.15) is 18.3 Å². The molecule has 1 aromatic heterocycles. The first kappa shape index (κ1) is 17.1. The van der Waals surface area contributed by atoms with Gasteiger partial charge in [0, 0.05) is 25.3 Å². The van der Waals surface area contributed by atoms with Crippen molar-refractivity contribution in [2.45, 2.75) is 13.1 Å². The number of rotatable bonds is 3. The number of anilines is 1. The van der Waals surface area contributed by atoms with Crippen molar-refractivity contribution in [3.8, 4) is 16.9 Å². The smallest absolute Gasteiger partial charge is 0.377 e. The van der Waals surface area contributed by atoms with Crippen LogP contribution < -0.4 is 4.90 Å². The Kier molecular flexibility index (Phi) is 4.29. The molecule has 0 saturated heterocycles. The minimum atomic E-state index is -4.49. The molecule has 0 N–H and O–H groups in total. The molecule has 0 bridgehead atoms. The molecule has 3 rings (SSSR count). The molecule has 3 nitrogen and oxygen atoms in total. The number of hydrogen-bond acceptors (Lipinski definition) is 2. The summed E-state index contributed by atoms with van der Waals surface area (Å²) in [6, 6.07) is 15.5. The number of hydrogen-bond donors (Lipinski definition) is 0. The van der Waals surface area contributed by atoms with E-state index in [0.29, 0.717) is 16.9 Å². The van der Waals surface area contributed by atoms with Gasteiger partial charge in [0.15, 0.2) is 5.69 Å². The maximum Gasteiger partial charge on any atom is 0.435 e. The van der Waals surface area contributed by atoms with E-state index in [1.165, 1.54) is 4.68 Å². The maximum absolute atomic E-state index is 13.2. The summed E-state index contributed by atoms with van der Waals surface area (Å²) in [6.07, 6.45) is -4.49. The summed E-state index contributed by atoms with van der Waals surface area (Å²) in [5, 5.41) is 3.80. The quantitative estimate of drug-likeness (QED) is 0.671. The lowest BCUT2D eigenvalue weighted by Gasteiger charge is -2.16. The third kappa shape index (κ3) is 3.38. The average Bonchev–Trinajstić information content (AvgIpc) is 3.00. The number of benzene rings is 2. The summed E-state index contributed by atoms with van der Waals surface area (Å²) in [6.45, 7) is 1.94. The van der Waals surface area contributed by atoms with E-state index in [1.54, 1.807) is 24.3 Å². The standard InChI is InChI=1S/C19H18F3N3/c1-13-11-14(9-10-16(13)24(2)3)17-12-18(19(20,21)22)23-25(17)15-7-5-4-6-8-15/h4-12H,1-3H3. The van der Waals surface area contributed by atoms with Gasteiger partial charge in [-0.05, 0) is 42.8 Å². The van der Waals surface area contributed by atoms with Gasteiger partial charge in [0.05, 0.1) is 11.4 Å². The summed E-state index contributed by atoms with van der Waals surface area (Å²) < 4.78 is 40.9. The van der Waals surface area contributed by atoms with Crippen LogP contribution in [0.25, 0.3) is 16.9 Å². The zero-order valence-corrected chi connectivity index (χ0v) is 14.2. The highest BCUT2D eigenvalue weighted by Crippen LogP contribution is 2.34. The van der Waals surface area contributed by atoms with Crippen LogP contribution in [-0.2, 0) is 6.18 Å². The average molecular weight is 345 g/mol. The van der Waals surface area contributed by atoms with Crippen LogP contribution in [0.3, 0.4) is 0 Å². The molecule has 130 valence electrons. The van der Waals surface area contributed by atoms with E-state index in [4.69, 9.17) is 0 Å². The Morgan fingerprint density at radius 1 is 0.960 bits per heavy atom. The molecule has 0 aliphatic rings. The van der Waals surface area contributed by atoms with Crippen LogP contribution in [0.15, 0.2) is 54.6 Å². The van der Waals surface area contributed by atoms with Crippen LogP contribution in [0, 0.1) is 6.92 Å². The Labute approximate surface area is 144 Å². The topological polar surface area (TPSA) is 21.1 Å². The lowest BCUT2D eigenvalue weighted by Crippen LogP contribution is -2.10. The maximum atomic E-state index is 13.2. The molecule has 0 aliphatic heterocycles. The number of para-hydroxylation sites is 1. The number of alkyl halides is 3. The van der Waals surface area contributed by atoms with Crippen molar-refractivity contribution in [3.05, 3.63) is 65.9 Å². The summed E-state index contributed by atoms with van der Waals surface area (Å²) in [5.74, 6) is 0. The molecule has 2 aromatic carbocycles. The van der Waals surface area contributed by atoms with Gasteiger partial charge in [0.25, 0.3) is 0 Å². The Bertz CT molecular complexity index is 881. The monoisotopic (exact) mass is 345 g/mol. The lowest BCUT2D eigenvalue weighted by atomic mass is 10.1. The van der Waals surface area contributed by atoms with Crippen molar-refractivity contribution in [3.63, 3.8) is 0 Å². The molecule has 6 heteroatoms. The van der Waals surface area contributed by atoms with Crippen LogP contribution in [0.2, 0.25) is 0 Å². The van der Waals surface area contributed by atoms with Crippen LogP contribution in [0.4, 0.5) is 18.9 Å². The predicted octanol–water partition coefficient (Wildman–Crippen LogP) is 4.93. The Morgan fingerprint density at radius 2 is 1.64 bits per heavy atom. The molecular formula is C19H18F3N3. The lowest BCUT2D eigenvalue weighted by molar-refractivity contribution is -0.141. The second-order valence-electron chi connectivity index (χ2n) is 6.06. The highest BCUT2D eigenvalue weighted by Gasteiger charge is 2.35. The first-order valence-corrected chi connectivity index (χ1v) is 7.78. The molecule has 0 saturated carbocycles. The van der Waals surface area contributed by atoms with Crippen molar-refractivity contribution in [2.24, 2.45) is 0 Å². The van der Waals surface area contributed by atoms with Crippen LogP contribution in [0.5, 0.6) is 0 Å². The summed E-state index contributed by atoms with van der Waals surface area (Å²) in [4.78, 5) is 1.97. The van der Waals surface area contributed by atoms with Crippen LogP contribution >= 0.6 is 0 Å². The molecule has 0 radical (unpaired) electrons. The van der Waals surface area contributed by atoms with Gasteiger partial charge < -0.3 is 4.90 Å². The van der Waals surface area contributed by atoms with E-state index in [2.05, 4.69) is 5.10 Å². The van der Waals surface area contributed by atoms with Crippen LogP contribution in [0.1, 0.15) is 11.3 Å².